The maximum atomic E-state index is 15.1. The highest BCUT2D eigenvalue weighted by Gasteiger charge is 2.35. The molecule has 220 valence electrons. The fourth-order valence-corrected chi connectivity index (χ4v) is 5.41. The predicted octanol–water partition coefficient (Wildman–Crippen LogP) is 6.89. The lowest BCUT2D eigenvalue weighted by atomic mass is 9.73. The number of halogens is 1. The molecule has 41 heavy (non-hydrogen) atoms. The maximum absolute atomic E-state index is 15.1. The van der Waals surface area contributed by atoms with Gasteiger partial charge in [-0.3, -0.25) is 4.79 Å². The second-order valence-electron chi connectivity index (χ2n) is 11.5. The summed E-state index contributed by atoms with van der Waals surface area (Å²) in [6.45, 7) is 4.52. The summed E-state index contributed by atoms with van der Waals surface area (Å²) in [6, 6.07) is 18.5. The van der Waals surface area contributed by atoms with E-state index in [1.54, 1.807) is 26.4 Å². The molecule has 1 fully saturated rings. The van der Waals surface area contributed by atoms with Gasteiger partial charge in [0.05, 0.1) is 27.2 Å². The number of aliphatic hydroxyl groups is 1. The molecule has 1 aliphatic rings. The normalized spacial score (nSPS) is 14.8. The quantitative estimate of drug-likeness (QED) is 0.215. The van der Waals surface area contributed by atoms with E-state index in [0.717, 1.165) is 29.5 Å². The van der Waals surface area contributed by atoms with E-state index in [1.807, 2.05) is 56.3 Å². The minimum absolute atomic E-state index is 0.0671. The van der Waals surface area contributed by atoms with Crippen molar-refractivity contribution in [2.75, 3.05) is 34.5 Å². The summed E-state index contributed by atoms with van der Waals surface area (Å²) < 4.78 is 37.3. The van der Waals surface area contributed by atoms with E-state index < -0.39 is 5.41 Å². The number of methoxy groups -OCH3 is 3. The van der Waals surface area contributed by atoms with Gasteiger partial charge in [-0.25, -0.2) is 4.39 Å². The number of carbonyl (C=O) groups is 1. The molecule has 1 N–H and O–H groups in total. The van der Waals surface area contributed by atoms with Crippen molar-refractivity contribution in [1.82, 2.24) is 0 Å². The molecular weight excluding hydrogens is 523 g/mol. The molecule has 1 aliphatic carbocycles. The summed E-state index contributed by atoms with van der Waals surface area (Å²) in [4.78, 5) is 12.0. The zero-order valence-corrected chi connectivity index (χ0v) is 24.6. The minimum Gasteiger partial charge on any atom is -0.497 e. The Hall–Kier alpha value is -3.42. The molecule has 2 atom stereocenters. The Labute approximate surface area is 242 Å². The molecule has 0 aromatic heterocycles. The smallest absolute Gasteiger partial charge is 0.306 e. The summed E-state index contributed by atoms with van der Waals surface area (Å²) in [5, 5.41) is 10.3. The largest absolute Gasteiger partial charge is 0.497 e. The van der Waals surface area contributed by atoms with Crippen molar-refractivity contribution in [3.63, 3.8) is 0 Å². The number of esters is 1. The molecule has 0 saturated heterocycles. The summed E-state index contributed by atoms with van der Waals surface area (Å²) in [6.07, 6.45) is 2.59. The Morgan fingerprint density at radius 2 is 1.78 bits per heavy atom. The van der Waals surface area contributed by atoms with Gasteiger partial charge in [-0.15, -0.1) is 0 Å². The first kappa shape index (κ1) is 30.5. The lowest BCUT2D eigenvalue weighted by Crippen LogP contribution is -2.30. The van der Waals surface area contributed by atoms with Crippen LogP contribution in [0.1, 0.15) is 61.6 Å². The van der Waals surface area contributed by atoms with Crippen LogP contribution in [0, 0.1) is 17.2 Å². The summed E-state index contributed by atoms with van der Waals surface area (Å²) >= 11 is 0. The lowest BCUT2D eigenvalue weighted by molar-refractivity contribution is -0.141. The number of benzene rings is 3. The van der Waals surface area contributed by atoms with Gasteiger partial charge in [0.1, 0.15) is 23.9 Å². The molecule has 1 saturated carbocycles. The van der Waals surface area contributed by atoms with E-state index >= 15 is 4.39 Å². The van der Waals surface area contributed by atoms with Gasteiger partial charge in [-0.1, -0.05) is 44.2 Å². The number of rotatable bonds is 14. The minimum atomic E-state index is -0.536. The van der Waals surface area contributed by atoms with E-state index in [0.29, 0.717) is 48.2 Å². The van der Waals surface area contributed by atoms with Crippen molar-refractivity contribution < 1.29 is 33.2 Å². The summed E-state index contributed by atoms with van der Waals surface area (Å²) in [7, 11) is 4.60. The first-order valence-electron chi connectivity index (χ1n) is 14.1. The first-order valence-corrected chi connectivity index (χ1v) is 14.1. The Kier molecular flexibility index (Phi) is 10.1. The van der Waals surface area contributed by atoms with Gasteiger partial charge >= 0.3 is 5.97 Å². The molecule has 0 amide bonds. The van der Waals surface area contributed by atoms with Crippen molar-refractivity contribution in [2.24, 2.45) is 11.3 Å². The Morgan fingerprint density at radius 3 is 2.44 bits per heavy atom. The van der Waals surface area contributed by atoms with Crippen LogP contribution < -0.4 is 9.47 Å². The van der Waals surface area contributed by atoms with Gasteiger partial charge in [-0.05, 0) is 82.7 Å². The van der Waals surface area contributed by atoms with Crippen LogP contribution in [-0.2, 0) is 20.9 Å². The fourth-order valence-electron chi connectivity index (χ4n) is 5.41. The van der Waals surface area contributed by atoms with Crippen molar-refractivity contribution in [3.8, 4) is 22.6 Å². The molecule has 7 heteroatoms. The van der Waals surface area contributed by atoms with Crippen molar-refractivity contribution >= 4 is 5.97 Å². The molecule has 4 rings (SSSR count). The number of carbonyl (C=O) groups excluding carboxylic acids is 1. The Morgan fingerprint density at radius 1 is 1.00 bits per heavy atom. The highest BCUT2D eigenvalue weighted by molar-refractivity contribution is 5.71. The van der Waals surface area contributed by atoms with Gasteiger partial charge < -0.3 is 24.1 Å². The molecule has 0 heterocycles. The lowest BCUT2D eigenvalue weighted by Gasteiger charge is -2.34. The number of ether oxygens (including phenoxy) is 4. The van der Waals surface area contributed by atoms with Crippen LogP contribution in [0.15, 0.2) is 60.7 Å². The monoisotopic (exact) mass is 564 g/mol. The third kappa shape index (κ3) is 7.46. The van der Waals surface area contributed by atoms with E-state index in [4.69, 9.17) is 18.9 Å². The average molecular weight is 565 g/mol. The highest BCUT2D eigenvalue weighted by Crippen LogP contribution is 2.45. The predicted molar refractivity (Wildman–Crippen MR) is 157 cm³/mol. The molecule has 0 aliphatic heterocycles. The standard InChI is InChI=1S/C34H41FO6/c1-34(2,21-36)31(20-38-3)29-15-22(9-13-27(29)30-17-25(39-4)12-14-32(30)35)19-41-26-8-6-7-24(16-26)28(23-10-11-23)18-33(37)40-5/h6-9,12-17,23,28,31,36H,10-11,18-21H2,1-5H3/t28-,31?/m1/s1. The van der Waals surface area contributed by atoms with Crippen molar-refractivity contribution in [3.05, 3.63) is 83.2 Å². The van der Waals surface area contributed by atoms with E-state index in [-0.39, 0.29) is 30.2 Å². The number of hydrogen-bond acceptors (Lipinski definition) is 6. The van der Waals surface area contributed by atoms with Crippen LogP contribution in [0.5, 0.6) is 11.5 Å². The molecular formula is C34H41FO6. The van der Waals surface area contributed by atoms with Crippen LogP contribution in [0.4, 0.5) is 4.39 Å². The first-order chi connectivity index (χ1) is 19.7. The molecule has 6 nitrogen and oxygen atoms in total. The van der Waals surface area contributed by atoms with Crippen LogP contribution >= 0.6 is 0 Å². The van der Waals surface area contributed by atoms with Gasteiger partial charge in [0.2, 0.25) is 0 Å². The van der Waals surface area contributed by atoms with Crippen LogP contribution in [0.25, 0.3) is 11.1 Å². The third-order valence-electron chi connectivity index (χ3n) is 8.14. The van der Waals surface area contributed by atoms with Crippen LogP contribution in [-0.4, -0.2) is 45.6 Å². The molecule has 0 bridgehead atoms. The average Bonchev–Trinajstić information content (AvgIpc) is 3.83. The number of hydrogen-bond donors (Lipinski definition) is 1. The molecule has 1 unspecified atom stereocenters. The molecule has 3 aromatic carbocycles. The van der Waals surface area contributed by atoms with Gasteiger partial charge in [0.15, 0.2) is 0 Å². The van der Waals surface area contributed by atoms with Gasteiger partial charge in [0, 0.05) is 25.2 Å². The van der Waals surface area contributed by atoms with E-state index in [1.165, 1.54) is 13.2 Å². The van der Waals surface area contributed by atoms with Crippen LogP contribution in [0.3, 0.4) is 0 Å². The third-order valence-corrected chi connectivity index (χ3v) is 8.14. The van der Waals surface area contributed by atoms with Crippen molar-refractivity contribution in [1.29, 1.82) is 0 Å². The maximum Gasteiger partial charge on any atom is 0.306 e. The molecule has 0 spiro atoms. The van der Waals surface area contributed by atoms with Crippen molar-refractivity contribution in [2.45, 2.75) is 51.6 Å². The van der Waals surface area contributed by atoms with E-state index in [2.05, 4.69) is 0 Å². The zero-order chi connectivity index (χ0) is 29.6. The van der Waals surface area contributed by atoms with Gasteiger partial charge in [0.25, 0.3) is 0 Å². The molecule has 0 radical (unpaired) electrons. The SMILES string of the molecule is COCC(c1cc(COc2cccc([C@H](CC(=O)OC)C3CC3)c2)ccc1-c1cc(OC)ccc1F)C(C)(C)CO. The topological polar surface area (TPSA) is 74.2 Å². The number of aliphatic hydroxyl groups excluding tert-OH is 1. The van der Waals surface area contributed by atoms with E-state index in [9.17, 15) is 9.90 Å². The summed E-state index contributed by atoms with van der Waals surface area (Å²) in [5.41, 5.74) is 3.44. The second-order valence-corrected chi connectivity index (χ2v) is 11.5. The molecule has 3 aromatic rings. The fraction of sp³-hybridized carbons (Fsp3) is 0.441. The Balaban J connectivity index is 1.66. The second kappa shape index (κ2) is 13.5. The zero-order valence-electron chi connectivity index (χ0n) is 24.6. The van der Waals surface area contributed by atoms with Crippen LogP contribution in [0.2, 0.25) is 0 Å². The Bertz CT molecular complexity index is 1330. The highest BCUT2D eigenvalue weighted by atomic mass is 19.1. The summed E-state index contributed by atoms with van der Waals surface area (Å²) in [5.74, 6) is 1.09. The van der Waals surface area contributed by atoms with Gasteiger partial charge in [-0.2, -0.15) is 0 Å².